The molecule has 0 aliphatic carbocycles. The number of ether oxygens (including phenoxy) is 1. The van der Waals surface area contributed by atoms with Crippen LogP contribution in [0.5, 0.6) is 11.5 Å². The van der Waals surface area contributed by atoms with Crippen molar-refractivity contribution in [2.75, 3.05) is 19.7 Å². The molecule has 0 spiro atoms. The molecule has 1 heterocycles. The van der Waals surface area contributed by atoms with Crippen LogP contribution in [-0.2, 0) is 6.54 Å². The molecule has 0 aromatic heterocycles. The van der Waals surface area contributed by atoms with Crippen LogP contribution < -0.4 is 4.74 Å². The van der Waals surface area contributed by atoms with Crippen molar-refractivity contribution >= 4 is 23.5 Å². The minimum Gasteiger partial charge on any atom is -0.507 e. The molecule has 148 valence electrons. The molecule has 1 fully saturated rings. The fraction of sp³-hybridized carbons (Fsp3) is 0.318. The maximum atomic E-state index is 13.2. The summed E-state index contributed by atoms with van der Waals surface area (Å²) in [7, 11) is 0. The summed E-state index contributed by atoms with van der Waals surface area (Å²) >= 11 is 5.99. The summed E-state index contributed by atoms with van der Waals surface area (Å²) in [6, 6.07) is 7.16. The van der Waals surface area contributed by atoms with Gasteiger partial charge in [-0.15, -0.1) is 0 Å². The second-order valence-corrected chi connectivity index (χ2v) is 7.16. The van der Waals surface area contributed by atoms with Gasteiger partial charge in [0.25, 0.3) is 0 Å². The molecule has 0 amide bonds. The Hall–Kier alpha value is -2.37. The smallest absolute Gasteiger partial charge is 0.189 e. The van der Waals surface area contributed by atoms with Gasteiger partial charge in [0.15, 0.2) is 5.78 Å². The molecular formula is C22H23ClFNO3. The summed E-state index contributed by atoms with van der Waals surface area (Å²) in [5.74, 6) is -0.338. The minimum atomic E-state index is -0.441. The Bertz CT molecular complexity index is 892. The molecule has 1 N–H and O–H groups in total. The van der Waals surface area contributed by atoms with Crippen molar-refractivity contribution in [3.8, 4) is 11.5 Å². The Morgan fingerprint density at radius 3 is 2.71 bits per heavy atom. The Morgan fingerprint density at radius 2 is 2.04 bits per heavy atom. The van der Waals surface area contributed by atoms with Crippen LogP contribution >= 0.6 is 11.6 Å². The van der Waals surface area contributed by atoms with Gasteiger partial charge < -0.3 is 9.84 Å². The first kappa shape index (κ1) is 20.4. The number of hydrogen-bond acceptors (Lipinski definition) is 4. The van der Waals surface area contributed by atoms with Gasteiger partial charge in [0.05, 0.1) is 17.2 Å². The Balaban J connectivity index is 1.86. The Labute approximate surface area is 169 Å². The van der Waals surface area contributed by atoms with Crippen LogP contribution in [0, 0.1) is 5.82 Å². The van der Waals surface area contributed by atoms with E-state index in [1.807, 2.05) is 6.92 Å². The first-order chi connectivity index (χ1) is 13.5. The number of halogens is 2. The van der Waals surface area contributed by atoms with E-state index in [1.54, 1.807) is 6.07 Å². The number of hydrogen-bond donors (Lipinski definition) is 1. The molecule has 1 aliphatic rings. The SMILES string of the molecule is CCOc1cc(O)c(C(=O)/C=C/c2ccc(F)cc2Cl)cc1CN1CCCC1. The second kappa shape index (κ2) is 9.22. The van der Waals surface area contributed by atoms with E-state index >= 15 is 0 Å². The van der Waals surface area contributed by atoms with Crippen LogP contribution in [0.4, 0.5) is 4.39 Å². The lowest BCUT2D eigenvalue weighted by atomic mass is 10.0. The molecule has 3 rings (SSSR count). The fourth-order valence-electron chi connectivity index (χ4n) is 3.30. The predicted molar refractivity (Wildman–Crippen MR) is 109 cm³/mol. The van der Waals surface area contributed by atoms with Crippen molar-refractivity contribution in [3.63, 3.8) is 0 Å². The zero-order chi connectivity index (χ0) is 20.1. The van der Waals surface area contributed by atoms with E-state index in [0.717, 1.165) is 31.5 Å². The average Bonchev–Trinajstić information content (AvgIpc) is 3.16. The van der Waals surface area contributed by atoms with Crippen LogP contribution in [-0.4, -0.2) is 35.5 Å². The molecule has 0 atom stereocenters. The quantitative estimate of drug-likeness (QED) is 0.517. The standard InChI is InChI=1S/C22H23ClFNO3/c1-2-28-22-13-21(27)18(11-16(22)14-25-9-3-4-10-25)20(26)8-6-15-5-7-17(24)12-19(15)23/h5-8,11-13,27H,2-4,9-10,14H2,1H3/b8-6+. The highest BCUT2D eigenvalue weighted by Crippen LogP contribution is 2.31. The number of allylic oxidation sites excluding steroid dienone is 1. The number of benzene rings is 2. The fourth-order valence-corrected chi connectivity index (χ4v) is 3.53. The third-order valence-corrected chi connectivity index (χ3v) is 5.04. The van der Waals surface area contributed by atoms with Gasteiger partial charge in [0.1, 0.15) is 17.3 Å². The first-order valence-electron chi connectivity index (χ1n) is 9.36. The molecule has 0 saturated carbocycles. The summed E-state index contributed by atoms with van der Waals surface area (Å²) in [5.41, 5.74) is 1.60. The molecule has 1 saturated heterocycles. The summed E-state index contributed by atoms with van der Waals surface area (Å²) in [4.78, 5) is 15.0. The van der Waals surface area contributed by atoms with Crippen LogP contribution in [0.25, 0.3) is 6.08 Å². The summed E-state index contributed by atoms with van der Waals surface area (Å²) in [6.45, 7) is 5.05. The highest BCUT2D eigenvalue weighted by atomic mass is 35.5. The molecule has 0 radical (unpaired) electrons. The second-order valence-electron chi connectivity index (χ2n) is 6.76. The lowest BCUT2D eigenvalue weighted by molar-refractivity contribution is 0.104. The highest BCUT2D eigenvalue weighted by Gasteiger charge is 2.18. The topological polar surface area (TPSA) is 49.8 Å². The van der Waals surface area contributed by atoms with Crippen LogP contribution in [0.3, 0.4) is 0 Å². The number of rotatable bonds is 7. The third-order valence-electron chi connectivity index (χ3n) is 4.71. The molecule has 1 aliphatic heterocycles. The van der Waals surface area contributed by atoms with Gasteiger partial charge in [-0.3, -0.25) is 9.69 Å². The predicted octanol–water partition coefficient (Wildman–Crippen LogP) is 5.08. The number of nitrogens with zero attached hydrogens (tertiary/aromatic N) is 1. The number of likely N-dealkylation sites (tertiary alicyclic amines) is 1. The Morgan fingerprint density at radius 1 is 1.29 bits per heavy atom. The van der Waals surface area contributed by atoms with Gasteiger partial charge >= 0.3 is 0 Å². The lowest BCUT2D eigenvalue weighted by Gasteiger charge is -2.18. The number of carbonyl (C=O) groups is 1. The lowest BCUT2D eigenvalue weighted by Crippen LogP contribution is -2.19. The van der Waals surface area contributed by atoms with Crippen LogP contribution in [0.2, 0.25) is 5.02 Å². The van der Waals surface area contributed by atoms with Gasteiger partial charge in [-0.25, -0.2) is 4.39 Å². The van der Waals surface area contributed by atoms with Gasteiger partial charge in [-0.1, -0.05) is 17.7 Å². The largest absolute Gasteiger partial charge is 0.507 e. The van der Waals surface area contributed by atoms with Crippen LogP contribution in [0.1, 0.15) is 41.3 Å². The van der Waals surface area contributed by atoms with Crippen molar-refractivity contribution in [2.24, 2.45) is 0 Å². The minimum absolute atomic E-state index is 0.131. The van der Waals surface area contributed by atoms with E-state index in [4.69, 9.17) is 16.3 Å². The Kier molecular flexibility index (Phi) is 6.70. The maximum absolute atomic E-state index is 13.2. The van der Waals surface area contributed by atoms with Gasteiger partial charge in [-0.05, 0) is 68.8 Å². The molecule has 4 nitrogen and oxygen atoms in total. The summed E-state index contributed by atoms with van der Waals surface area (Å²) in [6.07, 6.45) is 5.16. The van der Waals surface area contributed by atoms with Crippen molar-refractivity contribution < 1.29 is 19.0 Å². The van der Waals surface area contributed by atoms with Crippen molar-refractivity contribution in [1.82, 2.24) is 4.90 Å². The molecular weight excluding hydrogens is 381 g/mol. The van der Waals surface area contributed by atoms with Crippen LogP contribution in [0.15, 0.2) is 36.4 Å². The molecule has 28 heavy (non-hydrogen) atoms. The number of phenols is 1. The molecule has 6 heteroatoms. The highest BCUT2D eigenvalue weighted by molar-refractivity contribution is 6.32. The zero-order valence-corrected chi connectivity index (χ0v) is 16.5. The van der Waals surface area contributed by atoms with E-state index in [-0.39, 0.29) is 22.1 Å². The molecule has 2 aromatic rings. The molecule has 0 unspecified atom stereocenters. The normalized spacial score (nSPS) is 14.7. The van der Waals surface area contributed by atoms with E-state index in [2.05, 4.69) is 4.90 Å². The number of phenolic OH excluding ortho intramolecular Hbond substituents is 1. The average molecular weight is 404 g/mol. The molecule has 2 aromatic carbocycles. The van der Waals surface area contributed by atoms with Crippen molar-refractivity contribution in [2.45, 2.75) is 26.3 Å². The van der Waals surface area contributed by atoms with E-state index in [1.165, 1.54) is 36.4 Å². The van der Waals surface area contributed by atoms with E-state index < -0.39 is 5.82 Å². The van der Waals surface area contributed by atoms with Gasteiger partial charge in [0.2, 0.25) is 0 Å². The molecule has 0 bridgehead atoms. The number of aromatic hydroxyl groups is 1. The number of ketones is 1. The number of carbonyl (C=O) groups excluding carboxylic acids is 1. The zero-order valence-electron chi connectivity index (χ0n) is 15.8. The van der Waals surface area contributed by atoms with E-state index in [0.29, 0.717) is 24.5 Å². The van der Waals surface area contributed by atoms with Crippen molar-refractivity contribution in [1.29, 1.82) is 0 Å². The van der Waals surface area contributed by atoms with Gasteiger partial charge in [0, 0.05) is 18.2 Å². The third kappa shape index (κ3) is 4.91. The summed E-state index contributed by atoms with van der Waals surface area (Å²) < 4.78 is 18.8. The maximum Gasteiger partial charge on any atom is 0.189 e. The van der Waals surface area contributed by atoms with E-state index in [9.17, 15) is 14.3 Å². The first-order valence-corrected chi connectivity index (χ1v) is 9.74. The van der Waals surface area contributed by atoms with Gasteiger partial charge in [-0.2, -0.15) is 0 Å². The summed E-state index contributed by atoms with van der Waals surface area (Å²) in [5, 5.41) is 10.6. The monoisotopic (exact) mass is 403 g/mol. The van der Waals surface area contributed by atoms with Crippen molar-refractivity contribution in [3.05, 3.63) is 63.9 Å².